The molecule has 0 heterocycles. The van der Waals surface area contributed by atoms with Crippen molar-refractivity contribution in [3.8, 4) is 0 Å². The molecule has 0 aliphatic rings. The van der Waals surface area contributed by atoms with Gasteiger partial charge in [-0.1, -0.05) is 41.4 Å². The Kier molecular flexibility index (Phi) is 5.17. The summed E-state index contributed by atoms with van der Waals surface area (Å²) in [6.07, 6.45) is 0. The molecule has 2 N–H and O–H groups in total. The predicted molar refractivity (Wildman–Crippen MR) is 85.9 cm³/mol. The van der Waals surface area contributed by atoms with Gasteiger partial charge < -0.3 is 10.6 Å². The van der Waals surface area contributed by atoms with E-state index in [-0.39, 0.29) is 5.82 Å². The van der Waals surface area contributed by atoms with E-state index in [0.29, 0.717) is 27.4 Å². The van der Waals surface area contributed by atoms with Gasteiger partial charge in [-0.25, -0.2) is 4.39 Å². The highest BCUT2D eigenvalue weighted by Crippen LogP contribution is 2.29. The Morgan fingerprint density at radius 2 is 1.80 bits per heavy atom. The minimum atomic E-state index is -0.264. The number of nitrogens with one attached hydrogen (secondary N) is 2. The van der Waals surface area contributed by atoms with Crippen LogP contribution in [0.2, 0.25) is 10.0 Å². The molecule has 0 radical (unpaired) electrons. The topological polar surface area (TPSA) is 24.1 Å². The fraction of sp³-hybridized carbons (Fsp3) is 0.0714. The third-order valence-corrected chi connectivity index (χ3v) is 3.63. The van der Waals surface area contributed by atoms with E-state index >= 15 is 0 Å². The Bertz CT molecular complexity index is 617. The Hall–Kier alpha value is -1.36. The molecule has 0 spiro atoms. The number of thiocarbonyl (C=S) groups is 1. The van der Waals surface area contributed by atoms with Crippen LogP contribution in [0.4, 0.5) is 10.1 Å². The van der Waals surface area contributed by atoms with Crippen molar-refractivity contribution in [3.05, 3.63) is 63.9 Å². The minimum absolute atomic E-state index is 0.264. The van der Waals surface area contributed by atoms with Crippen LogP contribution in [-0.2, 0) is 6.54 Å². The molecule has 0 saturated heterocycles. The molecule has 104 valence electrons. The van der Waals surface area contributed by atoms with Crippen molar-refractivity contribution < 1.29 is 4.39 Å². The summed E-state index contributed by atoms with van der Waals surface area (Å²) < 4.78 is 12.8. The molecule has 2 rings (SSSR count). The molecule has 0 saturated carbocycles. The summed E-state index contributed by atoms with van der Waals surface area (Å²) >= 11 is 17.1. The zero-order chi connectivity index (χ0) is 14.5. The molecule has 2 aromatic rings. The first-order valence-corrected chi connectivity index (χ1v) is 6.96. The van der Waals surface area contributed by atoms with Crippen molar-refractivity contribution in [1.82, 2.24) is 5.32 Å². The molecule has 20 heavy (non-hydrogen) atoms. The van der Waals surface area contributed by atoms with Crippen LogP contribution in [0.5, 0.6) is 0 Å². The molecular formula is C14H11Cl2FN2S. The van der Waals surface area contributed by atoms with Crippen LogP contribution < -0.4 is 10.6 Å². The quantitative estimate of drug-likeness (QED) is 0.804. The maximum absolute atomic E-state index is 12.8. The summed E-state index contributed by atoms with van der Waals surface area (Å²) in [5.74, 6) is -0.264. The first kappa shape index (κ1) is 15.0. The van der Waals surface area contributed by atoms with Crippen LogP contribution in [0.3, 0.4) is 0 Å². The van der Waals surface area contributed by atoms with Crippen LogP contribution in [0.15, 0.2) is 42.5 Å². The molecule has 0 aliphatic heterocycles. The first-order valence-electron chi connectivity index (χ1n) is 5.79. The van der Waals surface area contributed by atoms with Gasteiger partial charge in [0.2, 0.25) is 0 Å². The zero-order valence-electron chi connectivity index (χ0n) is 10.3. The van der Waals surface area contributed by atoms with Crippen LogP contribution >= 0.6 is 35.4 Å². The Labute approximate surface area is 131 Å². The van der Waals surface area contributed by atoms with E-state index < -0.39 is 0 Å². The van der Waals surface area contributed by atoms with Crippen LogP contribution in [-0.4, -0.2) is 5.11 Å². The number of hydrogen-bond donors (Lipinski definition) is 2. The molecule has 0 bridgehead atoms. The highest BCUT2D eigenvalue weighted by atomic mass is 35.5. The van der Waals surface area contributed by atoms with Gasteiger partial charge >= 0.3 is 0 Å². The maximum Gasteiger partial charge on any atom is 0.171 e. The number of hydrogen-bond acceptors (Lipinski definition) is 1. The SMILES string of the molecule is Fc1ccc(CNC(=S)Nc2cccc(Cl)c2Cl)cc1. The summed E-state index contributed by atoms with van der Waals surface area (Å²) in [6.45, 7) is 0.490. The van der Waals surface area contributed by atoms with E-state index in [4.69, 9.17) is 35.4 Å². The van der Waals surface area contributed by atoms with Gasteiger partial charge in [0.15, 0.2) is 5.11 Å². The lowest BCUT2D eigenvalue weighted by atomic mass is 10.2. The molecule has 0 aromatic heterocycles. The van der Waals surface area contributed by atoms with Gasteiger partial charge in [0, 0.05) is 6.54 Å². The molecule has 0 atom stereocenters. The number of anilines is 1. The number of halogens is 3. The van der Waals surface area contributed by atoms with Gasteiger partial charge in [-0.15, -0.1) is 0 Å². The van der Waals surface area contributed by atoms with E-state index in [0.717, 1.165) is 5.56 Å². The standard InChI is InChI=1S/C14H11Cl2FN2S/c15-11-2-1-3-12(13(11)16)19-14(20)18-8-9-4-6-10(17)7-5-9/h1-7H,8H2,(H2,18,19,20). The van der Waals surface area contributed by atoms with Crippen LogP contribution in [0.1, 0.15) is 5.56 Å². The second-order valence-electron chi connectivity index (χ2n) is 4.04. The second kappa shape index (κ2) is 6.88. The highest BCUT2D eigenvalue weighted by Gasteiger charge is 2.05. The van der Waals surface area contributed by atoms with E-state index in [1.165, 1.54) is 12.1 Å². The van der Waals surface area contributed by atoms with Crippen molar-refractivity contribution in [2.24, 2.45) is 0 Å². The van der Waals surface area contributed by atoms with Gasteiger partial charge in [-0.2, -0.15) is 0 Å². The van der Waals surface area contributed by atoms with E-state index in [9.17, 15) is 4.39 Å². The number of rotatable bonds is 3. The zero-order valence-corrected chi connectivity index (χ0v) is 12.6. The predicted octanol–water partition coefficient (Wildman–Crippen LogP) is 4.62. The van der Waals surface area contributed by atoms with Crippen LogP contribution in [0, 0.1) is 5.82 Å². The Morgan fingerprint density at radius 3 is 2.50 bits per heavy atom. The lowest BCUT2D eigenvalue weighted by Gasteiger charge is -2.12. The van der Waals surface area contributed by atoms with Crippen molar-refractivity contribution in [2.45, 2.75) is 6.54 Å². The molecule has 0 amide bonds. The van der Waals surface area contributed by atoms with Crippen molar-refractivity contribution in [1.29, 1.82) is 0 Å². The van der Waals surface area contributed by atoms with Gasteiger partial charge in [-0.3, -0.25) is 0 Å². The second-order valence-corrected chi connectivity index (χ2v) is 5.23. The monoisotopic (exact) mass is 328 g/mol. The maximum atomic E-state index is 12.8. The van der Waals surface area contributed by atoms with Gasteiger partial charge in [0.1, 0.15) is 5.82 Å². The average Bonchev–Trinajstić information content (AvgIpc) is 2.43. The summed E-state index contributed by atoms with van der Waals surface area (Å²) in [7, 11) is 0. The third-order valence-electron chi connectivity index (χ3n) is 2.57. The van der Waals surface area contributed by atoms with E-state index in [2.05, 4.69) is 10.6 Å². The lowest BCUT2D eigenvalue weighted by Crippen LogP contribution is -2.28. The highest BCUT2D eigenvalue weighted by molar-refractivity contribution is 7.80. The minimum Gasteiger partial charge on any atom is -0.358 e. The molecule has 0 unspecified atom stereocenters. The third kappa shape index (κ3) is 4.07. The lowest BCUT2D eigenvalue weighted by molar-refractivity contribution is 0.627. The average molecular weight is 329 g/mol. The van der Waals surface area contributed by atoms with Gasteiger partial charge in [-0.05, 0) is 42.0 Å². The largest absolute Gasteiger partial charge is 0.358 e. The summed E-state index contributed by atoms with van der Waals surface area (Å²) in [6, 6.07) is 11.4. The first-order chi connectivity index (χ1) is 9.56. The van der Waals surface area contributed by atoms with Gasteiger partial charge in [0.25, 0.3) is 0 Å². The fourth-order valence-electron chi connectivity index (χ4n) is 1.55. The van der Waals surface area contributed by atoms with E-state index in [1.807, 2.05) is 0 Å². The molecule has 0 fully saturated rings. The molecule has 6 heteroatoms. The smallest absolute Gasteiger partial charge is 0.171 e. The van der Waals surface area contributed by atoms with E-state index in [1.54, 1.807) is 30.3 Å². The molecular weight excluding hydrogens is 318 g/mol. The van der Waals surface area contributed by atoms with Crippen LogP contribution in [0.25, 0.3) is 0 Å². The Morgan fingerprint density at radius 1 is 1.10 bits per heavy atom. The van der Waals surface area contributed by atoms with Crippen molar-refractivity contribution in [3.63, 3.8) is 0 Å². The summed E-state index contributed by atoms with van der Waals surface area (Å²) in [4.78, 5) is 0. The van der Waals surface area contributed by atoms with Crippen molar-refractivity contribution >= 4 is 46.2 Å². The molecule has 2 aromatic carbocycles. The Balaban J connectivity index is 1.92. The molecule has 0 aliphatic carbocycles. The van der Waals surface area contributed by atoms with Gasteiger partial charge in [0.05, 0.1) is 15.7 Å². The number of benzene rings is 2. The fourth-order valence-corrected chi connectivity index (χ4v) is 2.08. The summed E-state index contributed by atoms with van der Waals surface area (Å²) in [5.41, 5.74) is 1.56. The van der Waals surface area contributed by atoms with Crippen molar-refractivity contribution in [2.75, 3.05) is 5.32 Å². The molecule has 2 nitrogen and oxygen atoms in total. The normalized spacial score (nSPS) is 10.2. The summed E-state index contributed by atoms with van der Waals surface area (Å²) in [5, 5.41) is 7.26.